The lowest BCUT2D eigenvalue weighted by Crippen LogP contribution is -2.13. The van der Waals surface area contributed by atoms with E-state index in [2.05, 4.69) is 17.4 Å². The van der Waals surface area contributed by atoms with Crippen molar-refractivity contribution in [3.8, 4) is 0 Å². The summed E-state index contributed by atoms with van der Waals surface area (Å²) in [6, 6.07) is 10.2. The Labute approximate surface area is 143 Å². The number of hydrogen-bond acceptors (Lipinski definition) is 4. The van der Waals surface area contributed by atoms with Crippen LogP contribution in [0.1, 0.15) is 10.4 Å². The standard InChI is InChI=1S/C14H11Cl2NO3S2/c15-12-5-4-11(7-13(12)16)22(19,20)17-10-3-1-2-9(6-10)14(18)8-21/h1-7,17,21H,8H2. The fourth-order valence-corrected chi connectivity index (χ4v) is 3.33. The summed E-state index contributed by atoms with van der Waals surface area (Å²) < 4.78 is 27.0. The minimum atomic E-state index is -3.83. The second-order valence-electron chi connectivity index (χ2n) is 4.34. The molecule has 2 aromatic rings. The molecule has 2 rings (SSSR count). The lowest BCUT2D eigenvalue weighted by molar-refractivity contribution is 0.102. The molecule has 0 radical (unpaired) electrons. The number of rotatable bonds is 5. The van der Waals surface area contributed by atoms with Crippen molar-refractivity contribution in [2.75, 3.05) is 10.5 Å². The number of thiol groups is 1. The Morgan fingerprint density at radius 1 is 1.09 bits per heavy atom. The third-order valence-electron chi connectivity index (χ3n) is 2.78. The first-order valence-electron chi connectivity index (χ1n) is 6.05. The van der Waals surface area contributed by atoms with Gasteiger partial charge in [0.2, 0.25) is 0 Å². The third-order valence-corrected chi connectivity index (χ3v) is 5.19. The van der Waals surface area contributed by atoms with Gasteiger partial charge in [0.1, 0.15) is 0 Å². The molecular weight excluding hydrogens is 365 g/mol. The lowest BCUT2D eigenvalue weighted by Gasteiger charge is -2.09. The van der Waals surface area contributed by atoms with Gasteiger partial charge in [-0.25, -0.2) is 8.42 Å². The van der Waals surface area contributed by atoms with Gasteiger partial charge in [-0.2, -0.15) is 12.6 Å². The number of benzene rings is 2. The molecule has 0 aliphatic heterocycles. The average molecular weight is 376 g/mol. The van der Waals surface area contributed by atoms with Gasteiger partial charge in [-0.1, -0.05) is 35.3 Å². The van der Waals surface area contributed by atoms with E-state index in [1.165, 1.54) is 24.3 Å². The maximum atomic E-state index is 12.3. The topological polar surface area (TPSA) is 63.2 Å². The van der Waals surface area contributed by atoms with Gasteiger partial charge in [-0.15, -0.1) is 0 Å². The van der Waals surface area contributed by atoms with Gasteiger partial charge in [0.05, 0.1) is 20.7 Å². The van der Waals surface area contributed by atoms with Crippen molar-refractivity contribution in [1.29, 1.82) is 0 Å². The molecule has 0 unspecified atom stereocenters. The Hall–Kier alpha value is -1.21. The molecule has 0 spiro atoms. The highest BCUT2D eigenvalue weighted by Crippen LogP contribution is 2.26. The highest BCUT2D eigenvalue weighted by atomic mass is 35.5. The molecule has 0 aliphatic rings. The zero-order valence-corrected chi connectivity index (χ0v) is 14.3. The third kappa shape index (κ3) is 3.95. The van der Waals surface area contributed by atoms with Gasteiger partial charge in [0.25, 0.3) is 10.0 Å². The molecule has 0 amide bonds. The molecule has 1 N–H and O–H groups in total. The van der Waals surface area contributed by atoms with E-state index >= 15 is 0 Å². The first-order chi connectivity index (χ1) is 10.3. The monoisotopic (exact) mass is 375 g/mol. The SMILES string of the molecule is O=C(CS)c1cccc(NS(=O)(=O)c2ccc(Cl)c(Cl)c2)c1. The first-order valence-corrected chi connectivity index (χ1v) is 8.92. The van der Waals surface area contributed by atoms with E-state index < -0.39 is 10.0 Å². The van der Waals surface area contributed by atoms with Gasteiger partial charge >= 0.3 is 0 Å². The summed E-state index contributed by atoms with van der Waals surface area (Å²) in [6.45, 7) is 0. The minimum absolute atomic E-state index is 0.0205. The van der Waals surface area contributed by atoms with Gasteiger partial charge < -0.3 is 0 Å². The molecule has 0 heterocycles. The summed E-state index contributed by atoms with van der Waals surface area (Å²) in [5.41, 5.74) is 0.656. The van der Waals surface area contributed by atoms with Crippen molar-refractivity contribution >= 4 is 57.3 Å². The van der Waals surface area contributed by atoms with E-state index in [0.717, 1.165) is 0 Å². The molecule has 116 valence electrons. The van der Waals surface area contributed by atoms with Gasteiger partial charge in [-0.05, 0) is 30.3 Å². The molecular formula is C14H11Cl2NO3S2. The largest absolute Gasteiger partial charge is 0.293 e. The van der Waals surface area contributed by atoms with E-state index in [-0.39, 0.29) is 32.2 Å². The van der Waals surface area contributed by atoms with Gasteiger partial charge in [-0.3, -0.25) is 9.52 Å². The zero-order valence-electron chi connectivity index (χ0n) is 11.1. The Bertz CT molecular complexity index is 823. The van der Waals surface area contributed by atoms with Crippen LogP contribution < -0.4 is 4.72 Å². The van der Waals surface area contributed by atoms with Crippen LogP contribution in [0.5, 0.6) is 0 Å². The summed E-state index contributed by atoms with van der Waals surface area (Å²) in [5.74, 6) is -0.151. The molecule has 0 bridgehead atoms. The van der Waals surface area contributed by atoms with Crippen molar-refractivity contribution in [1.82, 2.24) is 0 Å². The van der Waals surface area contributed by atoms with E-state index in [0.29, 0.717) is 5.56 Å². The number of anilines is 1. The Morgan fingerprint density at radius 3 is 2.45 bits per heavy atom. The molecule has 2 aromatic carbocycles. The summed E-state index contributed by atoms with van der Waals surface area (Å²) >= 11 is 15.5. The second-order valence-corrected chi connectivity index (χ2v) is 7.16. The van der Waals surface area contributed by atoms with Crippen molar-refractivity contribution in [2.45, 2.75) is 4.90 Å². The van der Waals surface area contributed by atoms with Gasteiger partial charge in [0, 0.05) is 11.3 Å². The molecule has 0 saturated heterocycles. The van der Waals surface area contributed by atoms with E-state index in [1.807, 2.05) is 0 Å². The number of sulfonamides is 1. The minimum Gasteiger partial charge on any atom is -0.293 e. The smallest absolute Gasteiger partial charge is 0.261 e. The summed E-state index contributed by atoms with van der Waals surface area (Å²) in [6.07, 6.45) is 0. The van der Waals surface area contributed by atoms with Crippen LogP contribution in [-0.2, 0) is 10.0 Å². The predicted octanol–water partition coefficient (Wildman–Crippen LogP) is 3.91. The molecule has 0 atom stereocenters. The molecule has 22 heavy (non-hydrogen) atoms. The Morgan fingerprint density at radius 2 is 1.82 bits per heavy atom. The quantitative estimate of drug-likeness (QED) is 0.615. The van der Waals surface area contributed by atoms with Crippen molar-refractivity contribution in [2.24, 2.45) is 0 Å². The maximum Gasteiger partial charge on any atom is 0.261 e. The lowest BCUT2D eigenvalue weighted by atomic mass is 10.1. The average Bonchev–Trinajstić information content (AvgIpc) is 2.49. The Kier molecular flexibility index (Phi) is 5.39. The molecule has 0 saturated carbocycles. The molecule has 0 aromatic heterocycles. The second kappa shape index (κ2) is 6.91. The van der Waals surface area contributed by atoms with E-state index in [1.54, 1.807) is 18.2 Å². The number of ketones is 1. The van der Waals surface area contributed by atoms with Crippen molar-refractivity contribution in [3.05, 3.63) is 58.1 Å². The fraction of sp³-hybridized carbons (Fsp3) is 0.0714. The number of hydrogen-bond donors (Lipinski definition) is 2. The number of halogens is 2. The molecule has 8 heteroatoms. The van der Waals surface area contributed by atoms with Crippen LogP contribution in [0.25, 0.3) is 0 Å². The van der Waals surface area contributed by atoms with Crippen molar-refractivity contribution < 1.29 is 13.2 Å². The summed E-state index contributed by atoms with van der Waals surface area (Å²) in [7, 11) is -3.83. The van der Waals surface area contributed by atoms with Crippen LogP contribution in [0.4, 0.5) is 5.69 Å². The van der Waals surface area contributed by atoms with Crippen LogP contribution in [0, 0.1) is 0 Å². The van der Waals surface area contributed by atoms with Crippen molar-refractivity contribution in [3.63, 3.8) is 0 Å². The van der Waals surface area contributed by atoms with Crippen LogP contribution >= 0.6 is 35.8 Å². The Balaban J connectivity index is 2.32. The number of carbonyl (C=O) groups excluding carboxylic acids is 1. The molecule has 0 aliphatic carbocycles. The van der Waals surface area contributed by atoms with Crippen LogP contribution in [0.3, 0.4) is 0 Å². The number of nitrogens with one attached hydrogen (secondary N) is 1. The van der Waals surface area contributed by atoms with Crippen LogP contribution in [0.2, 0.25) is 10.0 Å². The maximum absolute atomic E-state index is 12.3. The fourth-order valence-electron chi connectivity index (χ4n) is 1.71. The first kappa shape index (κ1) is 17.1. The van der Waals surface area contributed by atoms with Crippen LogP contribution in [0.15, 0.2) is 47.4 Å². The molecule has 0 fully saturated rings. The normalized spacial score (nSPS) is 11.2. The van der Waals surface area contributed by atoms with E-state index in [9.17, 15) is 13.2 Å². The summed E-state index contributed by atoms with van der Waals surface area (Å²) in [5, 5.41) is 0.408. The van der Waals surface area contributed by atoms with Crippen LogP contribution in [-0.4, -0.2) is 20.0 Å². The molecule has 4 nitrogen and oxygen atoms in total. The number of carbonyl (C=O) groups is 1. The van der Waals surface area contributed by atoms with Gasteiger partial charge in [0.15, 0.2) is 5.78 Å². The summed E-state index contributed by atoms with van der Waals surface area (Å²) in [4.78, 5) is 11.6. The number of Topliss-reactive ketones (excluding diaryl/α,β-unsaturated/α-hetero) is 1. The highest BCUT2D eigenvalue weighted by molar-refractivity contribution is 7.92. The predicted molar refractivity (Wildman–Crippen MR) is 91.9 cm³/mol. The zero-order chi connectivity index (χ0) is 16.3. The van der Waals surface area contributed by atoms with E-state index in [4.69, 9.17) is 23.2 Å². The highest BCUT2D eigenvalue weighted by Gasteiger charge is 2.16.